The maximum Gasteiger partial charge on any atom is 0.307 e. The monoisotopic (exact) mass is 278 g/mol. The van der Waals surface area contributed by atoms with Crippen molar-refractivity contribution in [2.45, 2.75) is 58.1 Å². The fraction of sp³-hybridized carbons (Fsp3) is 0.643. The zero-order valence-electron chi connectivity index (χ0n) is 12.2. The van der Waals surface area contributed by atoms with E-state index in [1.807, 2.05) is 17.8 Å². The van der Waals surface area contributed by atoms with Crippen LogP contribution < -0.4 is 10.3 Å². The molecule has 0 aliphatic carbocycles. The highest BCUT2D eigenvalue weighted by molar-refractivity contribution is 5.77. The van der Waals surface area contributed by atoms with Crippen molar-refractivity contribution in [2.75, 3.05) is 5.73 Å². The highest BCUT2D eigenvalue weighted by Crippen LogP contribution is 2.18. The number of aliphatic hydroxyl groups excluding tert-OH is 1. The number of nitrogens with two attached hydrogens (primary N) is 1. The molecule has 0 unspecified atom stereocenters. The number of imidazole rings is 1. The van der Waals surface area contributed by atoms with E-state index in [2.05, 4.69) is 21.9 Å². The van der Waals surface area contributed by atoms with Crippen molar-refractivity contribution in [3.8, 4) is 0 Å². The second-order valence-electron chi connectivity index (χ2n) is 5.30. The third kappa shape index (κ3) is 3.07. The predicted octanol–water partition coefficient (Wildman–Crippen LogP) is 1.72. The van der Waals surface area contributed by atoms with Gasteiger partial charge in [0, 0.05) is 0 Å². The van der Waals surface area contributed by atoms with E-state index in [4.69, 9.17) is 5.73 Å². The van der Waals surface area contributed by atoms with E-state index in [0.29, 0.717) is 5.82 Å². The Morgan fingerprint density at radius 2 is 2.15 bits per heavy atom. The van der Waals surface area contributed by atoms with Crippen LogP contribution >= 0.6 is 0 Å². The summed E-state index contributed by atoms with van der Waals surface area (Å²) < 4.78 is 1.98. The summed E-state index contributed by atoms with van der Waals surface area (Å²) in [6.45, 7) is 4.02. The Bertz CT molecular complexity index is 551. The number of unbranched alkanes of at least 4 members (excludes halogenated alkanes) is 3. The number of hydrogen-bond acceptors (Lipinski definition) is 4. The van der Waals surface area contributed by atoms with Gasteiger partial charge in [-0.25, -0.2) is 4.57 Å². The van der Waals surface area contributed by atoms with E-state index in [9.17, 15) is 5.11 Å². The number of nitrogens with zero attached hydrogens (tertiary/aromatic N) is 3. The lowest BCUT2D eigenvalue weighted by atomic mass is 10.0. The van der Waals surface area contributed by atoms with E-state index in [1.165, 1.54) is 25.6 Å². The normalized spacial score (nSPS) is 14.6. The molecule has 2 aromatic rings. The molecule has 20 heavy (non-hydrogen) atoms. The Morgan fingerprint density at radius 1 is 1.35 bits per heavy atom. The van der Waals surface area contributed by atoms with Crippen LogP contribution in [-0.2, 0) is 0 Å². The SMILES string of the molecule is CCCCCC[C@@H]([C@@H](C)O)[n+]1c[nH]c2c(N)ncnc21. The molecule has 0 radical (unpaired) electrons. The molecule has 0 aliphatic heterocycles. The molecule has 0 fully saturated rings. The quantitative estimate of drug-likeness (QED) is 0.531. The topological polar surface area (TPSA) is 91.7 Å². The van der Waals surface area contributed by atoms with Crippen molar-refractivity contribution >= 4 is 17.0 Å². The van der Waals surface area contributed by atoms with Gasteiger partial charge in [0.05, 0.1) is 6.10 Å². The van der Waals surface area contributed by atoms with Crippen LogP contribution in [-0.4, -0.2) is 26.2 Å². The summed E-state index contributed by atoms with van der Waals surface area (Å²) >= 11 is 0. The lowest BCUT2D eigenvalue weighted by Crippen LogP contribution is -2.44. The van der Waals surface area contributed by atoms with E-state index in [1.54, 1.807) is 0 Å². The maximum atomic E-state index is 10.1. The average Bonchev–Trinajstić information content (AvgIpc) is 2.84. The van der Waals surface area contributed by atoms with Crippen molar-refractivity contribution in [3.63, 3.8) is 0 Å². The van der Waals surface area contributed by atoms with Gasteiger partial charge in [-0.05, 0) is 19.8 Å². The summed E-state index contributed by atoms with van der Waals surface area (Å²) in [4.78, 5) is 11.3. The van der Waals surface area contributed by atoms with Crippen LogP contribution in [0.25, 0.3) is 11.2 Å². The molecular weight excluding hydrogens is 254 g/mol. The van der Waals surface area contributed by atoms with E-state index in [0.717, 1.165) is 24.0 Å². The molecule has 2 rings (SSSR count). The van der Waals surface area contributed by atoms with Gasteiger partial charge in [0.1, 0.15) is 6.04 Å². The van der Waals surface area contributed by atoms with Gasteiger partial charge in [0.15, 0.2) is 18.5 Å². The molecule has 2 heterocycles. The molecule has 6 nitrogen and oxygen atoms in total. The van der Waals surface area contributed by atoms with Crippen molar-refractivity contribution in [3.05, 3.63) is 12.7 Å². The molecule has 2 aromatic heterocycles. The molecule has 0 aromatic carbocycles. The standard InChI is InChI=1S/C14H23N5O/c1-3-4-5-6-7-11(10(2)20)19-9-18-12-13(15)16-8-17-14(12)19/h8-11,20H,3-7H2,1-2H3,(H2,15,16,17)/p+1/t10-,11+/m1/s1. The Kier molecular flexibility index (Phi) is 4.89. The largest absolute Gasteiger partial charge is 0.390 e. The summed E-state index contributed by atoms with van der Waals surface area (Å²) in [5, 5.41) is 10.1. The fourth-order valence-electron chi connectivity index (χ4n) is 2.56. The summed E-state index contributed by atoms with van der Waals surface area (Å²) in [7, 11) is 0. The second kappa shape index (κ2) is 6.65. The highest BCUT2D eigenvalue weighted by Gasteiger charge is 2.25. The third-order valence-electron chi connectivity index (χ3n) is 3.72. The first-order valence-electron chi connectivity index (χ1n) is 7.32. The molecule has 6 heteroatoms. The Labute approximate surface area is 119 Å². The zero-order chi connectivity index (χ0) is 14.5. The van der Waals surface area contributed by atoms with Gasteiger partial charge in [-0.2, -0.15) is 4.98 Å². The van der Waals surface area contributed by atoms with Crippen LogP contribution in [0.3, 0.4) is 0 Å². The Morgan fingerprint density at radius 3 is 2.85 bits per heavy atom. The molecular formula is C14H24N5O+. The van der Waals surface area contributed by atoms with Crippen molar-refractivity contribution < 1.29 is 9.67 Å². The Balaban J connectivity index is 2.21. The number of fused-ring (bicyclic) bond motifs is 1. The fourth-order valence-corrected chi connectivity index (χ4v) is 2.56. The lowest BCUT2D eigenvalue weighted by Gasteiger charge is -2.17. The number of nitrogen functional groups attached to an aromatic ring is 1. The molecule has 0 spiro atoms. The van der Waals surface area contributed by atoms with Gasteiger partial charge in [0.2, 0.25) is 5.52 Å². The number of hydrogen-bond donors (Lipinski definition) is 3. The molecule has 110 valence electrons. The smallest absolute Gasteiger partial charge is 0.307 e. The van der Waals surface area contributed by atoms with Crippen molar-refractivity contribution in [1.29, 1.82) is 0 Å². The number of aromatic amines is 1. The van der Waals surface area contributed by atoms with Gasteiger partial charge in [-0.15, -0.1) is 0 Å². The van der Waals surface area contributed by atoms with Gasteiger partial charge in [-0.3, -0.25) is 4.98 Å². The van der Waals surface area contributed by atoms with E-state index < -0.39 is 6.10 Å². The number of nitrogens with one attached hydrogen (secondary N) is 1. The first-order chi connectivity index (χ1) is 9.65. The van der Waals surface area contributed by atoms with Crippen LogP contribution in [0.2, 0.25) is 0 Å². The molecule has 0 saturated heterocycles. The number of rotatable bonds is 7. The first kappa shape index (κ1) is 14.7. The van der Waals surface area contributed by atoms with Crippen LogP contribution in [0.5, 0.6) is 0 Å². The summed E-state index contributed by atoms with van der Waals surface area (Å²) in [6.07, 6.45) is 8.52. The molecule has 0 aliphatic rings. The molecule has 2 atom stereocenters. The van der Waals surface area contributed by atoms with E-state index >= 15 is 0 Å². The summed E-state index contributed by atoms with van der Waals surface area (Å²) in [5.74, 6) is 0.434. The zero-order valence-corrected chi connectivity index (χ0v) is 12.2. The maximum absolute atomic E-state index is 10.1. The molecule has 0 amide bonds. The van der Waals surface area contributed by atoms with Crippen LogP contribution in [0.4, 0.5) is 5.82 Å². The van der Waals surface area contributed by atoms with Crippen molar-refractivity contribution in [1.82, 2.24) is 15.0 Å². The van der Waals surface area contributed by atoms with Crippen LogP contribution in [0.1, 0.15) is 52.0 Å². The number of anilines is 1. The van der Waals surface area contributed by atoms with Crippen LogP contribution in [0, 0.1) is 0 Å². The van der Waals surface area contributed by atoms with Gasteiger partial charge >= 0.3 is 5.65 Å². The summed E-state index contributed by atoms with van der Waals surface area (Å²) in [5.41, 5.74) is 7.30. The Hall–Kier alpha value is -1.69. The molecule has 0 bridgehead atoms. The third-order valence-corrected chi connectivity index (χ3v) is 3.72. The number of H-pyrrole nitrogens is 1. The summed E-state index contributed by atoms with van der Waals surface area (Å²) in [6, 6.07) is 0.00917. The van der Waals surface area contributed by atoms with Gasteiger partial charge in [-0.1, -0.05) is 31.2 Å². The lowest BCUT2D eigenvalue weighted by molar-refractivity contribution is -0.708. The van der Waals surface area contributed by atoms with Gasteiger partial charge < -0.3 is 10.8 Å². The van der Waals surface area contributed by atoms with E-state index in [-0.39, 0.29) is 6.04 Å². The average molecular weight is 278 g/mol. The van der Waals surface area contributed by atoms with Crippen molar-refractivity contribution in [2.24, 2.45) is 0 Å². The minimum atomic E-state index is -0.434. The number of aliphatic hydroxyl groups is 1. The van der Waals surface area contributed by atoms with Crippen LogP contribution in [0.15, 0.2) is 12.7 Å². The highest BCUT2D eigenvalue weighted by atomic mass is 16.3. The minimum absolute atomic E-state index is 0.00917. The first-order valence-corrected chi connectivity index (χ1v) is 7.32. The van der Waals surface area contributed by atoms with Gasteiger partial charge in [0.25, 0.3) is 0 Å². The molecule has 4 N–H and O–H groups in total. The minimum Gasteiger partial charge on any atom is -0.390 e. The second-order valence-corrected chi connectivity index (χ2v) is 5.30. The number of aromatic nitrogens is 4. The molecule has 0 saturated carbocycles. The predicted molar refractivity (Wildman–Crippen MR) is 78.0 cm³/mol.